The van der Waals surface area contributed by atoms with Crippen molar-refractivity contribution in [3.05, 3.63) is 0 Å². The van der Waals surface area contributed by atoms with Crippen LogP contribution in [0.5, 0.6) is 0 Å². The molecular weight excluding hydrogens is 202 g/mol. The largest absolute Gasteiger partial charge is 0.359 e. The van der Waals surface area contributed by atoms with E-state index in [0.29, 0.717) is 6.42 Å². The van der Waals surface area contributed by atoms with Crippen LogP contribution in [0.2, 0.25) is 0 Å². The number of nitriles is 1. The lowest BCUT2D eigenvalue weighted by atomic mass is 9.89. The highest BCUT2D eigenvalue weighted by molar-refractivity contribution is 5.82. The molecule has 1 aliphatic rings. The number of amides is 1. The number of hydrogen-bond acceptors (Lipinski definition) is 3. The fraction of sp³-hybridized carbons (Fsp3) is 0.833. The highest BCUT2D eigenvalue weighted by atomic mass is 16.2. The van der Waals surface area contributed by atoms with Crippen molar-refractivity contribution in [1.29, 1.82) is 5.26 Å². The molecule has 0 saturated carbocycles. The normalized spacial score (nSPS) is 25.3. The Labute approximate surface area is 97.6 Å². The third-order valence-electron chi connectivity index (χ3n) is 3.34. The fourth-order valence-corrected chi connectivity index (χ4v) is 2.27. The summed E-state index contributed by atoms with van der Waals surface area (Å²) < 4.78 is 0. The van der Waals surface area contributed by atoms with E-state index in [1.165, 1.54) is 0 Å². The Morgan fingerprint density at radius 2 is 2.31 bits per heavy atom. The van der Waals surface area contributed by atoms with E-state index in [2.05, 4.69) is 16.3 Å². The molecule has 90 valence electrons. The second-order valence-electron chi connectivity index (χ2n) is 4.78. The number of carbonyl (C=O) groups excluding carboxylic acids is 1. The van der Waals surface area contributed by atoms with Crippen molar-refractivity contribution in [1.82, 2.24) is 10.2 Å². The molecule has 1 rings (SSSR count). The summed E-state index contributed by atoms with van der Waals surface area (Å²) in [6, 6.07) is 2.15. The zero-order valence-electron chi connectivity index (χ0n) is 10.3. The molecule has 1 fully saturated rings. The molecule has 16 heavy (non-hydrogen) atoms. The van der Waals surface area contributed by atoms with Crippen LogP contribution in [0.1, 0.15) is 32.6 Å². The monoisotopic (exact) mass is 223 g/mol. The number of hydrogen-bond donors (Lipinski definition) is 1. The molecule has 1 N–H and O–H groups in total. The molecule has 0 aromatic heterocycles. The predicted molar refractivity (Wildman–Crippen MR) is 62.7 cm³/mol. The van der Waals surface area contributed by atoms with Gasteiger partial charge in [-0.1, -0.05) is 0 Å². The number of nitrogens with one attached hydrogen (secondary N) is 1. The van der Waals surface area contributed by atoms with Gasteiger partial charge in [0.1, 0.15) is 0 Å². The molecule has 0 aromatic carbocycles. The van der Waals surface area contributed by atoms with Gasteiger partial charge in [-0.3, -0.25) is 4.79 Å². The van der Waals surface area contributed by atoms with Gasteiger partial charge in [0.05, 0.1) is 11.5 Å². The van der Waals surface area contributed by atoms with Gasteiger partial charge in [0.25, 0.3) is 0 Å². The van der Waals surface area contributed by atoms with Gasteiger partial charge in [-0.15, -0.1) is 0 Å². The summed E-state index contributed by atoms with van der Waals surface area (Å²) in [6.07, 6.45) is 3.59. The Hall–Kier alpha value is -1.08. The molecule has 0 aliphatic carbocycles. The van der Waals surface area contributed by atoms with Crippen molar-refractivity contribution < 1.29 is 4.79 Å². The first-order chi connectivity index (χ1) is 7.62. The van der Waals surface area contributed by atoms with Gasteiger partial charge >= 0.3 is 0 Å². The van der Waals surface area contributed by atoms with Crippen LogP contribution in [0.4, 0.5) is 0 Å². The van der Waals surface area contributed by atoms with E-state index in [4.69, 9.17) is 5.26 Å². The van der Waals surface area contributed by atoms with Crippen LogP contribution in [0.3, 0.4) is 0 Å². The Balaban J connectivity index is 2.29. The summed E-state index contributed by atoms with van der Waals surface area (Å²) in [5.41, 5.74) is -0.218. The van der Waals surface area contributed by atoms with Crippen LogP contribution in [-0.2, 0) is 4.79 Å². The molecule has 0 radical (unpaired) electrons. The fourth-order valence-electron chi connectivity index (χ4n) is 2.27. The van der Waals surface area contributed by atoms with Crippen molar-refractivity contribution >= 4 is 5.91 Å². The minimum atomic E-state index is -0.218. The Morgan fingerprint density at radius 3 is 2.94 bits per heavy atom. The maximum Gasteiger partial charge on any atom is 0.227 e. The van der Waals surface area contributed by atoms with E-state index < -0.39 is 0 Å². The highest BCUT2D eigenvalue weighted by Gasteiger charge is 2.39. The zero-order chi connectivity index (χ0) is 12.0. The molecule has 1 heterocycles. The van der Waals surface area contributed by atoms with Crippen molar-refractivity contribution in [2.45, 2.75) is 32.6 Å². The minimum Gasteiger partial charge on any atom is -0.359 e. The maximum absolute atomic E-state index is 11.7. The Kier molecular flexibility index (Phi) is 4.75. The number of rotatable bonds is 5. The molecular formula is C12H21N3O. The first kappa shape index (κ1) is 13.0. The second-order valence-corrected chi connectivity index (χ2v) is 4.78. The van der Waals surface area contributed by atoms with Crippen molar-refractivity contribution in [3.8, 4) is 6.07 Å². The van der Waals surface area contributed by atoms with E-state index in [1.807, 2.05) is 6.92 Å². The number of likely N-dealkylation sites (tertiary alicyclic amines) is 1. The van der Waals surface area contributed by atoms with E-state index in [0.717, 1.165) is 38.9 Å². The van der Waals surface area contributed by atoms with Crippen molar-refractivity contribution in [2.24, 2.45) is 5.41 Å². The molecule has 1 saturated heterocycles. The lowest BCUT2D eigenvalue weighted by Crippen LogP contribution is -2.39. The number of unbranched alkanes of at least 4 members (excludes halogenated alkanes) is 2. The third kappa shape index (κ3) is 3.21. The molecule has 0 bridgehead atoms. The smallest absolute Gasteiger partial charge is 0.227 e. The summed E-state index contributed by atoms with van der Waals surface area (Å²) in [5.74, 6) is 0.145. The lowest BCUT2D eigenvalue weighted by Gasteiger charge is -2.22. The van der Waals surface area contributed by atoms with Gasteiger partial charge in [0.2, 0.25) is 5.91 Å². The van der Waals surface area contributed by atoms with E-state index >= 15 is 0 Å². The summed E-state index contributed by atoms with van der Waals surface area (Å²) in [7, 11) is 1.70. The SMILES string of the molecule is CNC(=O)C1(C)CCN(CCCCC#N)C1. The van der Waals surface area contributed by atoms with Crippen molar-refractivity contribution in [3.63, 3.8) is 0 Å². The van der Waals surface area contributed by atoms with Crippen LogP contribution >= 0.6 is 0 Å². The van der Waals surface area contributed by atoms with Gasteiger partial charge in [-0.05, 0) is 39.3 Å². The van der Waals surface area contributed by atoms with Gasteiger partial charge in [0, 0.05) is 20.0 Å². The van der Waals surface area contributed by atoms with Gasteiger partial charge in [-0.25, -0.2) is 0 Å². The average Bonchev–Trinajstić information content (AvgIpc) is 2.67. The second kappa shape index (κ2) is 5.86. The Morgan fingerprint density at radius 1 is 1.56 bits per heavy atom. The van der Waals surface area contributed by atoms with E-state index in [-0.39, 0.29) is 11.3 Å². The topological polar surface area (TPSA) is 56.1 Å². The van der Waals surface area contributed by atoms with Crippen molar-refractivity contribution in [2.75, 3.05) is 26.7 Å². The van der Waals surface area contributed by atoms with Crippen LogP contribution < -0.4 is 5.32 Å². The Bertz CT molecular complexity index is 284. The standard InChI is InChI=1S/C12H21N3O/c1-12(11(16)14-2)6-9-15(10-12)8-5-3-4-7-13/h3-6,8-10H2,1-2H3,(H,14,16). The first-order valence-electron chi connectivity index (χ1n) is 5.94. The molecule has 0 spiro atoms. The van der Waals surface area contributed by atoms with Crippen LogP contribution in [0.25, 0.3) is 0 Å². The van der Waals surface area contributed by atoms with Gasteiger partial charge in [-0.2, -0.15) is 5.26 Å². The third-order valence-corrected chi connectivity index (χ3v) is 3.34. The molecule has 1 aliphatic heterocycles. The summed E-state index contributed by atoms with van der Waals surface area (Å²) in [4.78, 5) is 14.0. The average molecular weight is 223 g/mol. The molecule has 0 aromatic rings. The zero-order valence-corrected chi connectivity index (χ0v) is 10.3. The maximum atomic E-state index is 11.7. The minimum absolute atomic E-state index is 0.145. The lowest BCUT2D eigenvalue weighted by molar-refractivity contribution is -0.129. The van der Waals surface area contributed by atoms with Crippen LogP contribution in [-0.4, -0.2) is 37.5 Å². The summed E-state index contributed by atoms with van der Waals surface area (Å²) >= 11 is 0. The molecule has 1 amide bonds. The van der Waals surface area contributed by atoms with Gasteiger partial charge < -0.3 is 10.2 Å². The highest BCUT2D eigenvalue weighted by Crippen LogP contribution is 2.30. The molecule has 1 atom stereocenters. The van der Waals surface area contributed by atoms with E-state index in [9.17, 15) is 4.79 Å². The van der Waals surface area contributed by atoms with Crippen LogP contribution in [0.15, 0.2) is 0 Å². The molecule has 1 unspecified atom stereocenters. The quantitative estimate of drug-likeness (QED) is 0.711. The predicted octanol–water partition coefficient (Wildman–Crippen LogP) is 1.14. The summed E-state index contributed by atoms with van der Waals surface area (Å²) in [5, 5.41) is 11.2. The number of carbonyl (C=O) groups is 1. The van der Waals surface area contributed by atoms with Gasteiger partial charge in [0.15, 0.2) is 0 Å². The first-order valence-corrected chi connectivity index (χ1v) is 5.94. The molecule has 4 heteroatoms. The summed E-state index contributed by atoms with van der Waals surface area (Å²) in [6.45, 7) is 4.88. The van der Waals surface area contributed by atoms with E-state index in [1.54, 1.807) is 7.05 Å². The number of nitrogens with zero attached hydrogens (tertiary/aromatic N) is 2. The van der Waals surface area contributed by atoms with Crippen LogP contribution in [0, 0.1) is 16.7 Å². The molecule has 4 nitrogen and oxygen atoms in total.